The van der Waals surface area contributed by atoms with E-state index in [0.717, 1.165) is 0 Å². The molecule has 22 heavy (non-hydrogen) atoms. The van der Waals surface area contributed by atoms with E-state index in [1.54, 1.807) is 19.1 Å². The van der Waals surface area contributed by atoms with Gasteiger partial charge < -0.3 is 15.2 Å². The summed E-state index contributed by atoms with van der Waals surface area (Å²) in [6, 6.07) is 4.71. The predicted octanol–water partition coefficient (Wildman–Crippen LogP) is 2.34. The second-order valence-electron chi connectivity index (χ2n) is 5.14. The second-order valence-corrected chi connectivity index (χ2v) is 6.79. The summed E-state index contributed by atoms with van der Waals surface area (Å²) in [5, 5.41) is 3.02. The fourth-order valence-electron chi connectivity index (χ4n) is 2.55. The van der Waals surface area contributed by atoms with E-state index < -0.39 is 15.8 Å². The molecule has 1 aliphatic heterocycles. The number of halogens is 1. The molecule has 0 spiro atoms. The zero-order valence-corrected chi connectivity index (χ0v) is 13.1. The van der Waals surface area contributed by atoms with Crippen LogP contribution in [-0.2, 0) is 16.4 Å². The van der Waals surface area contributed by atoms with Crippen LogP contribution in [0.2, 0.25) is 0 Å². The Hall–Kier alpha value is -2.22. The van der Waals surface area contributed by atoms with E-state index >= 15 is 0 Å². The summed E-state index contributed by atoms with van der Waals surface area (Å²) in [4.78, 5) is 4.47. The lowest BCUT2D eigenvalue weighted by Gasteiger charge is -2.16. The van der Waals surface area contributed by atoms with Crippen molar-refractivity contribution in [2.24, 2.45) is 0 Å². The van der Waals surface area contributed by atoms with Gasteiger partial charge in [0.1, 0.15) is 0 Å². The summed E-state index contributed by atoms with van der Waals surface area (Å²) < 4.78 is 41.7. The number of aromatic amines is 1. The summed E-state index contributed by atoms with van der Waals surface area (Å²) in [7, 11) is -1.95. The van der Waals surface area contributed by atoms with Crippen molar-refractivity contribution in [3.05, 3.63) is 35.8 Å². The minimum atomic E-state index is -3.77. The number of H-pyrrole nitrogens is 1. The smallest absolute Gasteiger partial charge is 0.277 e. The number of benzene rings is 1. The minimum absolute atomic E-state index is 0.0435. The molecule has 0 aliphatic carbocycles. The van der Waals surface area contributed by atoms with Crippen LogP contribution in [0.1, 0.15) is 12.5 Å². The molecule has 0 atom stereocenters. The molecule has 3 rings (SSSR count). The highest BCUT2D eigenvalue weighted by molar-refractivity contribution is 7.92. The Kier molecular flexibility index (Phi) is 3.48. The number of sulfonamides is 1. The topological polar surface area (TPSA) is 77.2 Å². The lowest BCUT2D eigenvalue weighted by Crippen LogP contribution is -2.17. The highest BCUT2D eigenvalue weighted by Gasteiger charge is 2.26. The van der Waals surface area contributed by atoms with Crippen LogP contribution in [0.25, 0.3) is 0 Å². The molecule has 8 heteroatoms. The van der Waals surface area contributed by atoms with Crippen LogP contribution in [0.3, 0.4) is 0 Å². The Morgan fingerprint density at radius 2 is 2.23 bits per heavy atom. The molecule has 0 radical (unpaired) electrons. The van der Waals surface area contributed by atoms with Gasteiger partial charge in [-0.2, -0.15) is 8.42 Å². The van der Waals surface area contributed by atoms with Gasteiger partial charge in [0, 0.05) is 18.8 Å². The van der Waals surface area contributed by atoms with Gasteiger partial charge in [0.25, 0.3) is 10.0 Å². The van der Waals surface area contributed by atoms with Crippen LogP contribution in [0, 0.1) is 5.82 Å². The van der Waals surface area contributed by atoms with Gasteiger partial charge in [-0.25, -0.2) is 4.39 Å². The van der Waals surface area contributed by atoms with Gasteiger partial charge in [-0.1, -0.05) is 6.92 Å². The van der Waals surface area contributed by atoms with Crippen molar-refractivity contribution in [1.82, 2.24) is 4.98 Å². The maximum atomic E-state index is 14.6. The zero-order chi connectivity index (χ0) is 15.9. The van der Waals surface area contributed by atoms with Crippen LogP contribution < -0.4 is 14.9 Å². The Morgan fingerprint density at radius 1 is 1.45 bits per heavy atom. The van der Waals surface area contributed by atoms with Gasteiger partial charge >= 0.3 is 0 Å². The molecule has 1 aromatic carbocycles. The monoisotopic (exact) mass is 324 g/mol. The summed E-state index contributed by atoms with van der Waals surface area (Å²) in [6.07, 6.45) is 1.91. The molecular weight excluding hydrogens is 307 g/mol. The van der Waals surface area contributed by atoms with E-state index in [4.69, 9.17) is 0 Å². The molecule has 3 N–H and O–H groups in total. The molecule has 0 amide bonds. The molecule has 118 valence electrons. The SMILES string of the molecule is CCc1c(NS(=O)(=O)c2ccc[nH]2)cc2c(c1F)NCN2C. The largest absolute Gasteiger partial charge is 0.364 e. The lowest BCUT2D eigenvalue weighted by atomic mass is 10.1. The van der Waals surface area contributed by atoms with Crippen LogP contribution >= 0.6 is 0 Å². The fraction of sp³-hybridized carbons (Fsp3) is 0.286. The first-order chi connectivity index (χ1) is 10.4. The molecule has 1 aliphatic rings. The number of hydrogen-bond donors (Lipinski definition) is 3. The Bertz CT molecular complexity index is 803. The first-order valence-corrected chi connectivity index (χ1v) is 8.39. The van der Waals surface area contributed by atoms with Crippen molar-refractivity contribution in [3.8, 4) is 0 Å². The average Bonchev–Trinajstić information content (AvgIpc) is 3.10. The maximum absolute atomic E-state index is 14.6. The molecule has 0 fully saturated rings. The van der Waals surface area contributed by atoms with E-state index in [2.05, 4.69) is 15.0 Å². The van der Waals surface area contributed by atoms with Crippen molar-refractivity contribution in [2.75, 3.05) is 28.7 Å². The van der Waals surface area contributed by atoms with E-state index in [-0.39, 0.29) is 10.7 Å². The van der Waals surface area contributed by atoms with Crippen molar-refractivity contribution in [2.45, 2.75) is 18.4 Å². The van der Waals surface area contributed by atoms with Gasteiger partial charge in [-0.15, -0.1) is 0 Å². The number of aromatic nitrogens is 1. The van der Waals surface area contributed by atoms with Crippen LogP contribution in [0.4, 0.5) is 21.5 Å². The predicted molar refractivity (Wildman–Crippen MR) is 84.3 cm³/mol. The summed E-state index contributed by atoms with van der Waals surface area (Å²) in [6.45, 7) is 2.28. The van der Waals surface area contributed by atoms with E-state index in [1.807, 2.05) is 11.9 Å². The molecule has 2 heterocycles. The van der Waals surface area contributed by atoms with Gasteiger partial charge in [0.15, 0.2) is 10.8 Å². The number of nitrogens with one attached hydrogen (secondary N) is 3. The molecule has 1 aromatic heterocycles. The quantitative estimate of drug-likeness (QED) is 0.807. The zero-order valence-electron chi connectivity index (χ0n) is 12.3. The Morgan fingerprint density at radius 3 is 2.86 bits per heavy atom. The standard InChI is InChI=1S/C14H17FN4O2S/c1-3-9-10(18-22(20,21)12-5-4-6-16-12)7-11-14(13(9)15)17-8-19(11)2/h4-7,16-18H,3,8H2,1-2H3. The first-order valence-electron chi connectivity index (χ1n) is 6.90. The van der Waals surface area contributed by atoms with E-state index in [0.29, 0.717) is 30.0 Å². The third-order valence-electron chi connectivity index (χ3n) is 3.71. The molecule has 0 bridgehead atoms. The number of fused-ring (bicyclic) bond motifs is 1. The summed E-state index contributed by atoms with van der Waals surface area (Å²) in [5.41, 5.74) is 1.67. The van der Waals surface area contributed by atoms with Crippen LogP contribution in [0.5, 0.6) is 0 Å². The van der Waals surface area contributed by atoms with Crippen molar-refractivity contribution >= 4 is 27.1 Å². The Balaban J connectivity index is 2.08. The molecule has 2 aromatic rings. The number of hydrogen-bond acceptors (Lipinski definition) is 4. The minimum Gasteiger partial charge on any atom is -0.364 e. The Labute approximate surface area is 128 Å². The first kappa shape index (κ1) is 14.7. The summed E-state index contributed by atoms with van der Waals surface area (Å²) >= 11 is 0. The molecule has 0 saturated heterocycles. The van der Waals surface area contributed by atoms with E-state index in [9.17, 15) is 12.8 Å². The van der Waals surface area contributed by atoms with Crippen molar-refractivity contribution in [3.63, 3.8) is 0 Å². The fourth-order valence-corrected chi connectivity index (χ4v) is 3.61. The molecule has 6 nitrogen and oxygen atoms in total. The van der Waals surface area contributed by atoms with Crippen molar-refractivity contribution in [1.29, 1.82) is 0 Å². The number of nitrogens with zero attached hydrogens (tertiary/aromatic N) is 1. The second kappa shape index (κ2) is 5.20. The third kappa shape index (κ3) is 2.29. The van der Waals surface area contributed by atoms with Gasteiger partial charge in [0.05, 0.1) is 23.7 Å². The highest BCUT2D eigenvalue weighted by Crippen LogP contribution is 2.39. The maximum Gasteiger partial charge on any atom is 0.277 e. The molecule has 0 unspecified atom stereocenters. The highest BCUT2D eigenvalue weighted by atomic mass is 32.2. The number of rotatable bonds is 4. The van der Waals surface area contributed by atoms with E-state index in [1.165, 1.54) is 12.3 Å². The third-order valence-corrected chi connectivity index (χ3v) is 5.03. The van der Waals surface area contributed by atoms with Gasteiger partial charge in [0.2, 0.25) is 0 Å². The van der Waals surface area contributed by atoms with Crippen LogP contribution in [-0.4, -0.2) is 27.1 Å². The van der Waals surface area contributed by atoms with Gasteiger partial charge in [-0.3, -0.25) is 4.72 Å². The normalized spacial score (nSPS) is 13.9. The number of anilines is 3. The van der Waals surface area contributed by atoms with Crippen LogP contribution in [0.15, 0.2) is 29.4 Å². The van der Waals surface area contributed by atoms with Gasteiger partial charge in [-0.05, 0) is 24.6 Å². The molecular formula is C14H17FN4O2S. The summed E-state index contributed by atoms with van der Waals surface area (Å²) in [5.74, 6) is -0.409. The average molecular weight is 324 g/mol. The lowest BCUT2D eigenvalue weighted by molar-refractivity contribution is 0.598. The van der Waals surface area contributed by atoms with Crippen molar-refractivity contribution < 1.29 is 12.8 Å². The molecule has 0 saturated carbocycles.